The second-order valence-corrected chi connectivity index (χ2v) is 10.1. The molecule has 1 aliphatic carbocycles. The van der Waals surface area contributed by atoms with E-state index in [4.69, 9.17) is 10.5 Å². The topological polar surface area (TPSA) is 78.2 Å². The average molecular weight is 589 g/mol. The number of nitrogens with two attached hydrogens (primary N) is 1. The van der Waals surface area contributed by atoms with Gasteiger partial charge in [0.25, 0.3) is 5.82 Å². The lowest BCUT2D eigenvalue weighted by Gasteiger charge is -2.37. The first-order valence-corrected chi connectivity index (χ1v) is 13.1. The lowest BCUT2D eigenvalue weighted by Crippen LogP contribution is -3.00. The van der Waals surface area contributed by atoms with E-state index in [1.807, 2.05) is 78.9 Å². The first-order chi connectivity index (χ1) is 18.4. The zero-order valence-electron chi connectivity index (χ0n) is 22.3. The van der Waals surface area contributed by atoms with E-state index in [1.165, 1.54) is 7.11 Å². The fourth-order valence-corrected chi connectivity index (χ4v) is 6.31. The van der Waals surface area contributed by atoms with Gasteiger partial charge in [0.1, 0.15) is 30.4 Å². The molecule has 5 rings (SSSR count). The van der Waals surface area contributed by atoms with Gasteiger partial charge in [0.05, 0.1) is 12.7 Å². The van der Waals surface area contributed by atoms with Crippen LogP contribution < -0.4 is 27.3 Å². The molecule has 0 radical (unpaired) electrons. The van der Waals surface area contributed by atoms with E-state index in [1.54, 1.807) is 6.07 Å². The summed E-state index contributed by atoms with van der Waals surface area (Å²) < 4.78 is 9.39. The predicted octanol–water partition coefficient (Wildman–Crippen LogP) is 1.74. The highest BCUT2D eigenvalue weighted by Crippen LogP contribution is 2.49. The lowest BCUT2D eigenvalue weighted by molar-refractivity contribution is -0.694. The Bertz CT molecular complexity index is 1400. The van der Waals surface area contributed by atoms with Crippen LogP contribution in [-0.4, -0.2) is 23.6 Å². The van der Waals surface area contributed by atoms with Gasteiger partial charge >= 0.3 is 5.97 Å². The number of esters is 1. The number of amides is 1. The van der Waals surface area contributed by atoms with Crippen LogP contribution in [0.4, 0.5) is 0 Å². The number of aromatic nitrogens is 2. The maximum Gasteiger partial charge on any atom is 0.337 e. The van der Waals surface area contributed by atoms with Crippen molar-refractivity contribution in [2.45, 2.75) is 44.2 Å². The number of methoxy groups -OCH3 is 1. The molecule has 7 heteroatoms. The van der Waals surface area contributed by atoms with Crippen molar-refractivity contribution in [2.75, 3.05) is 7.11 Å². The van der Waals surface area contributed by atoms with Crippen molar-refractivity contribution in [3.05, 3.63) is 125 Å². The standard InChI is InChI=1S/C32H33N3O3.BrH/c1-23-34(22-24-10-9-11-25(20-24)30(36)38-2)18-19-35(23)29-17-16-28(21-29)32(31(33)37,26-12-5-3-6-13-26)27-14-7-4-8-15-27;/h3-15,18-20,28-29H,16-17,21-22H2,1-2H3,(H-,33,37);1H/t28-,29+;/m0./s1. The van der Waals surface area contributed by atoms with Gasteiger partial charge in [0.15, 0.2) is 0 Å². The third-order valence-corrected chi connectivity index (χ3v) is 8.16. The maximum absolute atomic E-state index is 13.4. The largest absolute Gasteiger partial charge is 1.00 e. The molecule has 1 aromatic heterocycles. The van der Waals surface area contributed by atoms with Crippen LogP contribution in [0.2, 0.25) is 0 Å². The number of hydrogen-bond donors (Lipinski definition) is 1. The summed E-state index contributed by atoms with van der Waals surface area (Å²) in [6.45, 7) is 2.77. The summed E-state index contributed by atoms with van der Waals surface area (Å²) in [7, 11) is 1.39. The molecule has 0 saturated heterocycles. The van der Waals surface area contributed by atoms with Crippen LogP contribution in [0.3, 0.4) is 0 Å². The molecular formula is C32H34BrN3O3. The molecule has 0 unspecified atom stereocenters. The Labute approximate surface area is 240 Å². The number of carbonyl (C=O) groups excluding carboxylic acids is 2. The molecule has 2 atom stereocenters. The van der Waals surface area contributed by atoms with Gasteiger partial charge in [-0.1, -0.05) is 72.8 Å². The lowest BCUT2D eigenvalue weighted by atomic mass is 9.64. The Hall–Kier alpha value is -3.71. The second kappa shape index (κ2) is 12.0. The third-order valence-electron chi connectivity index (χ3n) is 8.16. The van der Waals surface area contributed by atoms with Gasteiger partial charge in [-0.05, 0) is 54.0 Å². The summed E-state index contributed by atoms with van der Waals surface area (Å²) in [5.41, 5.74) is 8.88. The van der Waals surface area contributed by atoms with E-state index in [0.29, 0.717) is 12.1 Å². The molecule has 39 heavy (non-hydrogen) atoms. The van der Waals surface area contributed by atoms with Crippen molar-refractivity contribution in [1.82, 2.24) is 4.57 Å². The normalized spacial score (nSPS) is 16.9. The minimum absolute atomic E-state index is 0. The number of rotatable bonds is 8. The number of nitrogens with zero attached hydrogens (tertiary/aromatic N) is 2. The quantitative estimate of drug-likeness (QED) is 0.252. The Kier molecular flexibility index (Phi) is 8.70. The van der Waals surface area contributed by atoms with Gasteiger partial charge in [-0.3, -0.25) is 4.79 Å². The van der Waals surface area contributed by atoms with Crippen molar-refractivity contribution in [3.63, 3.8) is 0 Å². The summed E-state index contributed by atoms with van der Waals surface area (Å²) in [5.74, 6) is 0.563. The molecule has 1 fully saturated rings. The minimum Gasteiger partial charge on any atom is -1.00 e. The molecule has 2 N–H and O–H groups in total. The van der Waals surface area contributed by atoms with Crippen molar-refractivity contribution in [1.29, 1.82) is 0 Å². The van der Waals surface area contributed by atoms with Crippen LogP contribution in [0.5, 0.6) is 0 Å². The van der Waals surface area contributed by atoms with Crippen molar-refractivity contribution in [3.8, 4) is 0 Å². The highest BCUT2D eigenvalue weighted by atomic mass is 79.9. The first-order valence-electron chi connectivity index (χ1n) is 13.1. The third kappa shape index (κ3) is 5.28. The Morgan fingerprint density at radius 2 is 1.62 bits per heavy atom. The zero-order valence-corrected chi connectivity index (χ0v) is 23.9. The van der Waals surface area contributed by atoms with Crippen LogP contribution >= 0.6 is 0 Å². The average Bonchev–Trinajstić information content (AvgIpc) is 3.57. The van der Waals surface area contributed by atoms with Crippen LogP contribution in [0.1, 0.15) is 58.2 Å². The van der Waals surface area contributed by atoms with Gasteiger partial charge < -0.3 is 27.5 Å². The molecular weight excluding hydrogens is 554 g/mol. The number of halogens is 1. The second-order valence-electron chi connectivity index (χ2n) is 10.1. The Morgan fingerprint density at radius 3 is 2.21 bits per heavy atom. The first kappa shape index (κ1) is 28.3. The summed E-state index contributed by atoms with van der Waals surface area (Å²) in [6.07, 6.45) is 6.93. The molecule has 6 nitrogen and oxygen atoms in total. The molecule has 3 aromatic carbocycles. The molecule has 1 amide bonds. The monoisotopic (exact) mass is 587 g/mol. The van der Waals surface area contributed by atoms with Gasteiger partial charge in [-0.25, -0.2) is 13.9 Å². The van der Waals surface area contributed by atoms with Gasteiger partial charge in [0, 0.05) is 6.92 Å². The van der Waals surface area contributed by atoms with Crippen molar-refractivity contribution >= 4 is 11.9 Å². The van der Waals surface area contributed by atoms with Gasteiger partial charge in [-0.15, -0.1) is 0 Å². The number of hydrogen-bond acceptors (Lipinski definition) is 3. The molecule has 202 valence electrons. The molecule has 1 saturated carbocycles. The fourth-order valence-electron chi connectivity index (χ4n) is 6.31. The smallest absolute Gasteiger partial charge is 0.337 e. The van der Waals surface area contributed by atoms with E-state index in [9.17, 15) is 9.59 Å². The SMILES string of the molecule is COC(=O)c1cccc(C[n+]2ccn([C@@H]3CC[C@H](C(C(N)=O)(c4ccccc4)c4ccccc4)C3)c2C)c1.[Br-]. The molecule has 1 aliphatic rings. The summed E-state index contributed by atoms with van der Waals surface area (Å²) in [5, 5.41) is 0. The minimum atomic E-state index is -0.886. The molecule has 1 heterocycles. The van der Waals surface area contributed by atoms with Crippen LogP contribution in [-0.2, 0) is 21.5 Å². The summed E-state index contributed by atoms with van der Waals surface area (Å²) in [4.78, 5) is 25.4. The van der Waals surface area contributed by atoms with Gasteiger partial charge in [-0.2, -0.15) is 0 Å². The Morgan fingerprint density at radius 1 is 0.974 bits per heavy atom. The van der Waals surface area contributed by atoms with E-state index in [-0.39, 0.29) is 40.8 Å². The molecule has 0 aliphatic heterocycles. The van der Waals surface area contributed by atoms with E-state index < -0.39 is 5.41 Å². The van der Waals surface area contributed by atoms with E-state index in [2.05, 4.69) is 28.5 Å². The van der Waals surface area contributed by atoms with Gasteiger partial charge in [0.2, 0.25) is 5.91 Å². The number of benzene rings is 3. The number of ether oxygens (including phenoxy) is 1. The zero-order chi connectivity index (χ0) is 26.7. The summed E-state index contributed by atoms with van der Waals surface area (Å²) >= 11 is 0. The van der Waals surface area contributed by atoms with E-state index >= 15 is 0 Å². The van der Waals surface area contributed by atoms with Crippen LogP contribution in [0.15, 0.2) is 97.3 Å². The van der Waals surface area contributed by atoms with E-state index in [0.717, 1.165) is 41.8 Å². The number of imidazole rings is 1. The molecule has 4 aromatic rings. The fraction of sp³-hybridized carbons (Fsp3) is 0.281. The van der Waals surface area contributed by atoms with Crippen molar-refractivity contribution in [2.24, 2.45) is 11.7 Å². The number of primary amides is 1. The summed E-state index contributed by atoms with van der Waals surface area (Å²) in [6, 6.07) is 27.8. The van der Waals surface area contributed by atoms with Crippen molar-refractivity contribution < 1.29 is 35.9 Å². The Balaban J connectivity index is 0.00000353. The number of carbonyl (C=O) groups is 2. The molecule has 0 spiro atoms. The molecule has 0 bridgehead atoms. The highest BCUT2D eigenvalue weighted by molar-refractivity contribution is 5.91. The maximum atomic E-state index is 13.4. The van der Waals surface area contributed by atoms with Crippen LogP contribution in [0, 0.1) is 12.8 Å². The predicted molar refractivity (Wildman–Crippen MR) is 145 cm³/mol. The highest BCUT2D eigenvalue weighted by Gasteiger charge is 2.51. The van der Waals surface area contributed by atoms with Crippen LogP contribution in [0.25, 0.3) is 0 Å².